The second-order valence-electron chi connectivity index (χ2n) is 4.39. The first-order valence-corrected chi connectivity index (χ1v) is 6.25. The Bertz CT molecular complexity index is 519. The van der Waals surface area contributed by atoms with E-state index in [0.29, 0.717) is 37.4 Å². The molecule has 0 bridgehead atoms. The Morgan fingerprint density at radius 2 is 2.47 bits per heavy atom. The maximum absolute atomic E-state index is 12.4. The smallest absolute Gasteiger partial charge is 0.255 e. The molecule has 1 aliphatic rings. The minimum absolute atomic E-state index is 0.0281. The summed E-state index contributed by atoms with van der Waals surface area (Å²) in [7, 11) is 0. The van der Waals surface area contributed by atoms with E-state index in [4.69, 9.17) is 10.5 Å². The fourth-order valence-electron chi connectivity index (χ4n) is 1.97. The van der Waals surface area contributed by atoms with Crippen LogP contribution in [0.15, 0.2) is 18.5 Å². The number of morpholine rings is 1. The van der Waals surface area contributed by atoms with Crippen molar-refractivity contribution in [2.45, 2.75) is 13.0 Å². The Balaban J connectivity index is 2.18. The monoisotopic (exact) mass is 259 g/mol. The quantitative estimate of drug-likeness (QED) is 0.734. The van der Waals surface area contributed by atoms with Crippen LogP contribution in [0.1, 0.15) is 22.8 Å². The molecule has 1 aliphatic heterocycles. The molecule has 100 valence electrons. The largest absolute Gasteiger partial charge is 0.377 e. The van der Waals surface area contributed by atoms with Crippen molar-refractivity contribution in [3.05, 3.63) is 29.6 Å². The van der Waals surface area contributed by atoms with Crippen molar-refractivity contribution in [3.8, 4) is 11.8 Å². The highest BCUT2D eigenvalue weighted by Gasteiger charge is 2.24. The third-order valence-corrected chi connectivity index (χ3v) is 2.95. The Kier molecular flexibility index (Phi) is 4.50. The van der Waals surface area contributed by atoms with Gasteiger partial charge in [-0.05, 0) is 13.0 Å². The molecule has 1 amide bonds. The first kappa shape index (κ1) is 13.5. The highest BCUT2D eigenvalue weighted by Crippen LogP contribution is 2.12. The molecule has 2 heterocycles. The van der Waals surface area contributed by atoms with Crippen LogP contribution >= 0.6 is 0 Å². The van der Waals surface area contributed by atoms with Crippen LogP contribution in [-0.2, 0) is 4.74 Å². The zero-order valence-corrected chi connectivity index (χ0v) is 10.9. The molecule has 19 heavy (non-hydrogen) atoms. The summed E-state index contributed by atoms with van der Waals surface area (Å²) in [5, 5.41) is 0. The molecule has 5 nitrogen and oxygen atoms in total. The van der Waals surface area contributed by atoms with E-state index in [-0.39, 0.29) is 11.9 Å². The van der Waals surface area contributed by atoms with Gasteiger partial charge in [-0.2, -0.15) is 0 Å². The van der Waals surface area contributed by atoms with E-state index in [9.17, 15) is 4.79 Å². The normalized spacial score (nSPS) is 18.6. The molecule has 2 N–H and O–H groups in total. The van der Waals surface area contributed by atoms with E-state index in [2.05, 4.69) is 16.8 Å². The lowest BCUT2D eigenvalue weighted by molar-refractivity contribution is 0.00357. The lowest BCUT2D eigenvalue weighted by Gasteiger charge is -2.33. The molecule has 5 heteroatoms. The van der Waals surface area contributed by atoms with Gasteiger partial charge in [0.1, 0.15) is 0 Å². The lowest BCUT2D eigenvalue weighted by atomic mass is 10.1. The number of ether oxygens (including phenoxy) is 1. The minimum Gasteiger partial charge on any atom is -0.377 e. The van der Waals surface area contributed by atoms with Crippen molar-refractivity contribution < 1.29 is 9.53 Å². The molecule has 0 radical (unpaired) electrons. The fourth-order valence-corrected chi connectivity index (χ4v) is 1.97. The Hall–Kier alpha value is -1.90. The summed E-state index contributed by atoms with van der Waals surface area (Å²) in [4.78, 5) is 18.3. The van der Waals surface area contributed by atoms with Crippen LogP contribution in [0, 0.1) is 11.8 Å². The number of hydrogen-bond acceptors (Lipinski definition) is 4. The molecular weight excluding hydrogens is 242 g/mol. The summed E-state index contributed by atoms with van der Waals surface area (Å²) in [6.07, 6.45) is 3.19. The standard InChI is InChI=1S/C14H17N3O2/c1-11-10-19-6-5-17(11)14(18)13-7-12(3-2-4-15)8-16-9-13/h7-9,11H,4-6,10,15H2,1H3. The van der Waals surface area contributed by atoms with Crippen LogP contribution in [0.2, 0.25) is 0 Å². The summed E-state index contributed by atoms with van der Waals surface area (Å²) in [6.45, 7) is 4.03. The molecule has 1 unspecified atom stereocenters. The first-order valence-electron chi connectivity index (χ1n) is 6.25. The second-order valence-corrected chi connectivity index (χ2v) is 4.39. The zero-order chi connectivity index (χ0) is 13.7. The van der Waals surface area contributed by atoms with Gasteiger partial charge in [0.2, 0.25) is 0 Å². The summed E-state index contributed by atoms with van der Waals surface area (Å²) in [6, 6.07) is 1.83. The number of carbonyl (C=O) groups is 1. The van der Waals surface area contributed by atoms with Gasteiger partial charge in [0.25, 0.3) is 5.91 Å². The first-order chi connectivity index (χ1) is 9.22. The van der Waals surface area contributed by atoms with Gasteiger partial charge in [-0.25, -0.2) is 0 Å². The molecule has 0 aliphatic carbocycles. The molecule has 1 saturated heterocycles. The lowest BCUT2D eigenvalue weighted by Crippen LogP contribution is -2.47. The van der Waals surface area contributed by atoms with Crippen molar-refractivity contribution in [1.29, 1.82) is 0 Å². The fraction of sp³-hybridized carbons (Fsp3) is 0.429. The van der Waals surface area contributed by atoms with Gasteiger partial charge in [-0.1, -0.05) is 11.8 Å². The predicted molar refractivity (Wildman–Crippen MR) is 71.5 cm³/mol. The topological polar surface area (TPSA) is 68.5 Å². The van der Waals surface area contributed by atoms with E-state index < -0.39 is 0 Å². The highest BCUT2D eigenvalue weighted by molar-refractivity contribution is 5.94. The van der Waals surface area contributed by atoms with Crippen molar-refractivity contribution in [3.63, 3.8) is 0 Å². The van der Waals surface area contributed by atoms with E-state index in [1.807, 2.05) is 6.92 Å². The zero-order valence-electron chi connectivity index (χ0n) is 10.9. The molecular formula is C14H17N3O2. The predicted octanol–water partition coefficient (Wildman–Crippen LogP) is 0.253. The van der Waals surface area contributed by atoms with Crippen molar-refractivity contribution in [1.82, 2.24) is 9.88 Å². The molecule has 1 atom stereocenters. The second kappa shape index (κ2) is 6.32. The van der Waals surface area contributed by atoms with E-state index in [0.717, 1.165) is 0 Å². The summed E-state index contributed by atoms with van der Waals surface area (Å²) in [5.41, 5.74) is 6.59. The Morgan fingerprint density at radius 3 is 3.21 bits per heavy atom. The van der Waals surface area contributed by atoms with Crippen LogP contribution in [0.4, 0.5) is 0 Å². The van der Waals surface area contributed by atoms with Crippen LogP contribution in [0.25, 0.3) is 0 Å². The summed E-state index contributed by atoms with van der Waals surface area (Å²) in [5.74, 6) is 5.60. The number of rotatable bonds is 1. The molecule has 1 aromatic heterocycles. The van der Waals surface area contributed by atoms with Gasteiger partial charge in [0, 0.05) is 24.5 Å². The number of pyridine rings is 1. The van der Waals surface area contributed by atoms with Crippen LogP contribution < -0.4 is 5.73 Å². The van der Waals surface area contributed by atoms with Crippen LogP contribution in [0.3, 0.4) is 0 Å². The van der Waals surface area contributed by atoms with Gasteiger partial charge in [0.05, 0.1) is 31.4 Å². The maximum atomic E-state index is 12.4. The Labute approximate surface area is 112 Å². The summed E-state index contributed by atoms with van der Waals surface area (Å²) < 4.78 is 5.33. The van der Waals surface area contributed by atoms with Crippen LogP contribution in [0.5, 0.6) is 0 Å². The molecule has 1 aromatic rings. The number of carbonyl (C=O) groups excluding carboxylic acids is 1. The van der Waals surface area contributed by atoms with Crippen LogP contribution in [-0.4, -0.2) is 48.1 Å². The number of nitrogens with two attached hydrogens (primary N) is 1. The number of nitrogens with zero attached hydrogens (tertiary/aromatic N) is 2. The van der Waals surface area contributed by atoms with Gasteiger partial charge in [-0.3, -0.25) is 9.78 Å². The average Bonchev–Trinajstić information content (AvgIpc) is 2.45. The number of hydrogen-bond donors (Lipinski definition) is 1. The third-order valence-electron chi connectivity index (χ3n) is 2.95. The van der Waals surface area contributed by atoms with Crippen molar-refractivity contribution in [2.24, 2.45) is 5.73 Å². The highest BCUT2D eigenvalue weighted by atomic mass is 16.5. The molecule has 1 fully saturated rings. The van der Waals surface area contributed by atoms with E-state index >= 15 is 0 Å². The van der Waals surface area contributed by atoms with E-state index in [1.54, 1.807) is 23.4 Å². The van der Waals surface area contributed by atoms with Gasteiger partial charge in [-0.15, -0.1) is 0 Å². The van der Waals surface area contributed by atoms with Crippen molar-refractivity contribution in [2.75, 3.05) is 26.3 Å². The SMILES string of the molecule is CC1COCCN1C(=O)c1cncc(C#CCN)c1. The van der Waals surface area contributed by atoms with E-state index in [1.165, 1.54) is 0 Å². The van der Waals surface area contributed by atoms with Gasteiger partial charge < -0.3 is 15.4 Å². The van der Waals surface area contributed by atoms with Crippen molar-refractivity contribution >= 4 is 5.91 Å². The molecule has 0 aromatic carbocycles. The average molecular weight is 259 g/mol. The number of amides is 1. The molecule has 0 saturated carbocycles. The number of aromatic nitrogens is 1. The summed E-state index contributed by atoms with van der Waals surface area (Å²) >= 11 is 0. The third kappa shape index (κ3) is 3.31. The molecule has 2 rings (SSSR count). The van der Waals surface area contributed by atoms with Gasteiger partial charge in [0.15, 0.2) is 0 Å². The maximum Gasteiger partial charge on any atom is 0.255 e. The minimum atomic E-state index is -0.0281. The molecule has 0 spiro atoms. The Morgan fingerprint density at radius 1 is 1.63 bits per heavy atom. The van der Waals surface area contributed by atoms with Gasteiger partial charge >= 0.3 is 0 Å².